The summed E-state index contributed by atoms with van der Waals surface area (Å²) in [6.07, 6.45) is 7.93. The number of hydrogen-bond acceptors (Lipinski definition) is 4. The Labute approximate surface area is 116 Å². The fourth-order valence-electron chi connectivity index (χ4n) is 2.56. The molecular weight excluding hydrogens is 240 g/mol. The number of likely N-dealkylation sites (tertiary alicyclic amines) is 1. The van der Waals surface area contributed by atoms with E-state index in [2.05, 4.69) is 26.0 Å². The van der Waals surface area contributed by atoms with Crippen LogP contribution in [0.25, 0.3) is 0 Å². The van der Waals surface area contributed by atoms with Crippen LogP contribution in [0.5, 0.6) is 0 Å². The van der Waals surface area contributed by atoms with E-state index >= 15 is 0 Å². The first-order chi connectivity index (χ1) is 9.40. The Kier molecular flexibility index (Phi) is 6.33. The van der Waals surface area contributed by atoms with E-state index in [-0.39, 0.29) is 0 Å². The summed E-state index contributed by atoms with van der Waals surface area (Å²) in [4.78, 5) is 6.97. The summed E-state index contributed by atoms with van der Waals surface area (Å²) in [5, 5.41) is 3.34. The van der Waals surface area contributed by atoms with Crippen molar-refractivity contribution in [2.24, 2.45) is 0 Å². The first-order valence-electron chi connectivity index (χ1n) is 7.32. The monoisotopic (exact) mass is 266 g/mol. The van der Waals surface area contributed by atoms with Crippen molar-refractivity contribution < 1.29 is 4.74 Å². The molecule has 1 aromatic rings. The van der Waals surface area contributed by atoms with Gasteiger partial charge in [0.05, 0.1) is 13.2 Å². The lowest BCUT2D eigenvalue weighted by Crippen LogP contribution is -2.23. The summed E-state index contributed by atoms with van der Waals surface area (Å²) in [5.74, 6) is 1.12. The molecule has 1 aliphatic heterocycles. The lowest BCUT2D eigenvalue weighted by Gasteiger charge is -2.15. The van der Waals surface area contributed by atoms with Crippen molar-refractivity contribution in [1.82, 2.24) is 19.8 Å². The molecule has 0 unspecified atom stereocenters. The molecule has 1 aliphatic rings. The number of aryl methyl sites for hydroxylation is 1. The van der Waals surface area contributed by atoms with Crippen LogP contribution in [0, 0.1) is 0 Å². The minimum Gasteiger partial charge on any atom is -0.383 e. The van der Waals surface area contributed by atoms with Crippen LogP contribution in [-0.4, -0.2) is 54.3 Å². The Bertz CT molecular complexity index is 347. The van der Waals surface area contributed by atoms with Crippen LogP contribution >= 0.6 is 0 Å². The van der Waals surface area contributed by atoms with Gasteiger partial charge in [0.25, 0.3) is 0 Å². The van der Waals surface area contributed by atoms with Crippen LogP contribution in [0.1, 0.15) is 25.1 Å². The molecule has 0 atom stereocenters. The van der Waals surface area contributed by atoms with Gasteiger partial charge in [0.2, 0.25) is 0 Å². The molecular formula is C14H26N4O. The summed E-state index contributed by atoms with van der Waals surface area (Å²) < 4.78 is 7.28. The van der Waals surface area contributed by atoms with Gasteiger partial charge >= 0.3 is 0 Å². The average molecular weight is 266 g/mol. The number of nitrogens with one attached hydrogen (secondary N) is 1. The van der Waals surface area contributed by atoms with Crippen LogP contribution in [0.15, 0.2) is 12.4 Å². The normalized spacial score (nSPS) is 16.3. The topological polar surface area (TPSA) is 42.3 Å². The molecule has 0 aromatic carbocycles. The van der Waals surface area contributed by atoms with E-state index in [9.17, 15) is 0 Å². The molecule has 0 aliphatic carbocycles. The number of aromatic nitrogens is 2. The second kappa shape index (κ2) is 8.30. The molecule has 0 saturated carbocycles. The first kappa shape index (κ1) is 14.5. The van der Waals surface area contributed by atoms with Gasteiger partial charge in [0, 0.05) is 32.6 Å². The van der Waals surface area contributed by atoms with E-state index in [0.717, 1.165) is 32.1 Å². The van der Waals surface area contributed by atoms with E-state index in [0.29, 0.717) is 0 Å². The molecule has 2 rings (SSSR count). The van der Waals surface area contributed by atoms with Crippen molar-refractivity contribution in [1.29, 1.82) is 0 Å². The summed E-state index contributed by atoms with van der Waals surface area (Å²) >= 11 is 0. The van der Waals surface area contributed by atoms with E-state index in [1.807, 2.05) is 6.20 Å². The second-order valence-corrected chi connectivity index (χ2v) is 5.11. The maximum Gasteiger partial charge on any atom is 0.122 e. The number of methoxy groups -OCH3 is 1. The second-order valence-electron chi connectivity index (χ2n) is 5.11. The van der Waals surface area contributed by atoms with Gasteiger partial charge in [0.1, 0.15) is 5.82 Å². The van der Waals surface area contributed by atoms with Gasteiger partial charge in [-0.15, -0.1) is 0 Å². The Morgan fingerprint density at radius 1 is 1.32 bits per heavy atom. The van der Waals surface area contributed by atoms with Crippen LogP contribution in [0.4, 0.5) is 0 Å². The molecule has 1 aromatic heterocycles. The fourth-order valence-corrected chi connectivity index (χ4v) is 2.56. The summed E-state index contributed by atoms with van der Waals surface area (Å²) in [6, 6.07) is 0. The number of imidazole rings is 1. The number of rotatable bonds is 9. The Hall–Kier alpha value is -0.910. The minimum atomic E-state index is 0.746. The third kappa shape index (κ3) is 4.93. The molecule has 108 valence electrons. The molecule has 1 fully saturated rings. The smallest absolute Gasteiger partial charge is 0.122 e. The van der Waals surface area contributed by atoms with Crippen LogP contribution in [-0.2, 0) is 17.8 Å². The zero-order valence-electron chi connectivity index (χ0n) is 12.0. The Morgan fingerprint density at radius 3 is 2.95 bits per heavy atom. The largest absolute Gasteiger partial charge is 0.383 e. The highest BCUT2D eigenvalue weighted by atomic mass is 16.5. The Morgan fingerprint density at radius 2 is 2.16 bits per heavy atom. The lowest BCUT2D eigenvalue weighted by atomic mass is 10.4. The average Bonchev–Trinajstić information content (AvgIpc) is 3.07. The van der Waals surface area contributed by atoms with Crippen molar-refractivity contribution in [3.63, 3.8) is 0 Å². The number of nitrogens with zero attached hydrogens (tertiary/aromatic N) is 3. The van der Waals surface area contributed by atoms with Gasteiger partial charge < -0.3 is 19.5 Å². The maximum atomic E-state index is 5.02. The van der Waals surface area contributed by atoms with Gasteiger partial charge in [-0.05, 0) is 38.9 Å². The predicted molar refractivity (Wildman–Crippen MR) is 76.1 cm³/mol. The molecule has 5 heteroatoms. The standard InChI is InChI=1S/C14H26N4O/c1-19-12-6-15-13-14-16-5-11-18(14)10-4-9-17-7-2-3-8-17/h5,11,15H,2-4,6-10,12-13H2,1H3. The highest BCUT2D eigenvalue weighted by Crippen LogP contribution is 2.08. The minimum absolute atomic E-state index is 0.746. The molecule has 5 nitrogen and oxygen atoms in total. The summed E-state index contributed by atoms with van der Waals surface area (Å²) in [6.45, 7) is 7.30. The molecule has 1 saturated heterocycles. The van der Waals surface area contributed by atoms with Crippen LogP contribution < -0.4 is 5.32 Å². The fraction of sp³-hybridized carbons (Fsp3) is 0.786. The number of hydrogen-bond donors (Lipinski definition) is 1. The van der Waals surface area contributed by atoms with Gasteiger partial charge in [-0.2, -0.15) is 0 Å². The predicted octanol–water partition coefficient (Wildman–Crippen LogP) is 1.10. The molecule has 0 bridgehead atoms. The van der Waals surface area contributed by atoms with Gasteiger partial charge in [-0.3, -0.25) is 0 Å². The molecule has 0 radical (unpaired) electrons. The molecule has 0 spiro atoms. The van der Waals surface area contributed by atoms with E-state index in [1.54, 1.807) is 7.11 Å². The van der Waals surface area contributed by atoms with E-state index < -0.39 is 0 Å². The van der Waals surface area contributed by atoms with Crippen molar-refractivity contribution in [3.8, 4) is 0 Å². The zero-order chi connectivity index (χ0) is 13.3. The third-order valence-electron chi connectivity index (χ3n) is 3.64. The summed E-state index contributed by atoms with van der Waals surface area (Å²) in [5.41, 5.74) is 0. The van der Waals surface area contributed by atoms with Gasteiger partial charge in [-0.25, -0.2) is 4.98 Å². The van der Waals surface area contributed by atoms with Gasteiger partial charge in [0.15, 0.2) is 0 Å². The maximum absolute atomic E-state index is 5.02. The summed E-state index contributed by atoms with van der Waals surface area (Å²) in [7, 11) is 1.72. The van der Waals surface area contributed by atoms with Crippen molar-refractivity contribution in [3.05, 3.63) is 18.2 Å². The molecule has 2 heterocycles. The van der Waals surface area contributed by atoms with E-state index in [4.69, 9.17) is 4.74 Å². The van der Waals surface area contributed by atoms with Crippen molar-refractivity contribution in [2.75, 3.05) is 39.9 Å². The molecule has 19 heavy (non-hydrogen) atoms. The first-order valence-corrected chi connectivity index (χ1v) is 7.32. The van der Waals surface area contributed by atoms with E-state index in [1.165, 1.54) is 38.9 Å². The van der Waals surface area contributed by atoms with Crippen LogP contribution in [0.3, 0.4) is 0 Å². The van der Waals surface area contributed by atoms with Crippen LogP contribution in [0.2, 0.25) is 0 Å². The SMILES string of the molecule is COCCNCc1nccn1CCCN1CCCC1. The quantitative estimate of drug-likeness (QED) is 0.680. The lowest BCUT2D eigenvalue weighted by molar-refractivity contribution is 0.198. The third-order valence-corrected chi connectivity index (χ3v) is 3.64. The Balaban J connectivity index is 1.66. The van der Waals surface area contributed by atoms with Crippen molar-refractivity contribution >= 4 is 0 Å². The van der Waals surface area contributed by atoms with Crippen molar-refractivity contribution in [2.45, 2.75) is 32.4 Å². The molecule has 0 amide bonds. The number of ether oxygens (including phenoxy) is 1. The van der Waals surface area contributed by atoms with Gasteiger partial charge in [-0.1, -0.05) is 0 Å². The zero-order valence-corrected chi connectivity index (χ0v) is 12.0. The highest BCUT2D eigenvalue weighted by molar-refractivity contribution is 4.91. The molecule has 1 N–H and O–H groups in total. The highest BCUT2D eigenvalue weighted by Gasteiger charge is 2.10.